The summed E-state index contributed by atoms with van der Waals surface area (Å²) in [4.78, 5) is 31.0. The van der Waals surface area contributed by atoms with Crippen LogP contribution in [0.3, 0.4) is 0 Å². The van der Waals surface area contributed by atoms with E-state index >= 15 is 0 Å². The third kappa shape index (κ3) is 3.77. The number of amides is 1. The number of nitrogens with zero attached hydrogens (tertiary/aromatic N) is 3. The Hall–Kier alpha value is -2.38. The number of fused-ring (bicyclic) bond motifs is 1. The van der Waals surface area contributed by atoms with Gasteiger partial charge in [0.2, 0.25) is 11.6 Å². The first-order valence-corrected chi connectivity index (χ1v) is 9.50. The second-order valence-electron chi connectivity index (χ2n) is 7.47. The molecule has 1 amide bonds. The molecule has 2 heterocycles. The summed E-state index contributed by atoms with van der Waals surface area (Å²) in [7, 11) is 0. The lowest BCUT2D eigenvalue weighted by molar-refractivity contribution is -0.143. The van der Waals surface area contributed by atoms with Crippen molar-refractivity contribution < 1.29 is 18.0 Å². The molecule has 0 radical (unpaired) electrons. The van der Waals surface area contributed by atoms with Gasteiger partial charge in [-0.05, 0) is 56.9 Å². The van der Waals surface area contributed by atoms with Crippen molar-refractivity contribution in [2.75, 3.05) is 13.1 Å². The maximum atomic E-state index is 13.4. The lowest BCUT2D eigenvalue weighted by Crippen LogP contribution is -2.41. The number of hydrogen-bond donors (Lipinski definition) is 0. The fourth-order valence-corrected chi connectivity index (χ4v) is 3.69. The highest BCUT2D eigenvalue weighted by Gasteiger charge is 2.38. The van der Waals surface area contributed by atoms with Crippen LogP contribution < -0.4 is 5.56 Å². The highest BCUT2D eigenvalue weighted by molar-refractivity contribution is 5.84. The molecule has 2 aromatic rings. The fraction of sp³-hybridized carbons (Fsp3) is 0.550. The van der Waals surface area contributed by atoms with Crippen LogP contribution in [0.5, 0.6) is 0 Å². The summed E-state index contributed by atoms with van der Waals surface area (Å²) < 4.78 is 41.3. The molecular formula is C20H24F3N3O2. The Morgan fingerprint density at radius 1 is 1.07 bits per heavy atom. The summed E-state index contributed by atoms with van der Waals surface area (Å²) in [5.41, 5.74) is -0.874. The second-order valence-corrected chi connectivity index (χ2v) is 7.47. The molecule has 28 heavy (non-hydrogen) atoms. The molecule has 1 aliphatic heterocycles. The van der Waals surface area contributed by atoms with Gasteiger partial charge in [-0.25, -0.2) is 4.98 Å². The van der Waals surface area contributed by atoms with Gasteiger partial charge in [0.1, 0.15) is 6.04 Å². The van der Waals surface area contributed by atoms with Crippen molar-refractivity contribution in [1.29, 1.82) is 0 Å². The number of aryl methyl sites for hydroxylation is 2. The molecule has 0 bridgehead atoms. The molecule has 0 aliphatic carbocycles. The summed E-state index contributed by atoms with van der Waals surface area (Å²) in [6.07, 6.45) is -1.13. The minimum atomic E-state index is -4.89. The molecule has 3 rings (SSSR count). The Bertz CT molecular complexity index is 958. The summed E-state index contributed by atoms with van der Waals surface area (Å²) in [6, 6.07) is 2.11. The fourth-order valence-electron chi connectivity index (χ4n) is 3.69. The molecule has 0 N–H and O–H groups in total. The van der Waals surface area contributed by atoms with E-state index in [1.54, 1.807) is 17.9 Å². The number of likely N-dealkylation sites (tertiary alicyclic amines) is 1. The lowest BCUT2D eigenvalue weighted by atomic mass is 10.1. The van der Waals surface area contributed by atoms with Gasteiger partial charge in [-0.1, -0.05) is 12.8 Å². The molecule has 1 aromatic heterocycles. The van der Waals surface area contributed by atoms with Gasteiger partial charge >= 0.3 is 6.18 Å². The second kappa shape index (κ2) is 7.56. The zero-order valence-electron chi connectivity index (χ0n) is 16.3. The molecule has 8 heteroatoms. The van der Waals surface area contributed by atoms with Crippen LogP contribution in [0.2, 0.25) is 0 Å². The number of hydrogen-bond acceptors (Lipinski definition) is 3. The van der Waals surface area contributed by atoms with Crippen LogP contribution >= 0.6 is 0 Å². The third-order valence-electron chi connectivity index (χ3n) is 5.43. The number of benzene rings is 1. The zero-order valence-corrected chi connectivity index (χ0v) is 16.3. The number of carbonyl (C=O) groups is 1. The van der Waals surface area contributed by atoms with Crippen LogP contribution in [-0.2, 0) is 11.0 Å². The number of rotatable bonds is 2. The average Bonchev–Trinajstić information content (AvgIpc) is 2.90. The molecule has 1 saturated heterocycles. The Morgan fingerprint density at radius 2 is 1.64 bits per heavy atom. The summed E-state index contributed by atoms with van der Waals surface area (Å²) >= 11 is 0. The van der Waals surface area contributed by atoms with Gasteiger partial charge in [-0.3, -0.25) is 14.2 Å². The molecule has 5 nitrogen and oxygen atoms in total. The van der Waals surface area contributed by atoms with E-state index in [1.165, 1.54) is 13.0 Å². The first kappa shape index (κ1) is 20.4. The van der Waals surface area contributed by atoms with Crippen LogP contribution in [0.1, 0.15) is 55.5 Å². The van der Waals surface area contributed by atoms with E-state index < -0.39 is 23.5 Å². The zero-order chi connectivity index (χ0) is 20.6. The van der Waals surface area contributed by atoms with E-state index in [1.807, 2.05) is 6.92 Å². The van der Waals surface area contributed by atoms with Crippen molar-refractivity contribution in [3.05, 3.63) is 39.3 Å². The average molecular weight is 395 g/mol. The molecule has 152 valence electrons. The van der Waals surface area contributed by atoms with Crippen molar-refractivity contribution in [2.45, 2.75) is 58.7 Å². The smallest absolute Gasteiger partial charge is 0.341 e. The van der Waals surface area contributed by atoms with Gasteiger partial charge in [0, 0.05) is 13.1 Å². The standard InChI is InChI=1S/C20H24F3N3O2/c1-12-10-15-16(11-13(12)2)26(19(28)17(24-15)20(21,22)23)14(3)18(27)25-8-6-4-5-7-9-25/h10-11,14H,4-9H2,1-3H3. The summed E-state index contributed by atoms with van der Waals surface area (Å²) in [5.74, 6) is -0.331. The SMILES string of the molecule is Cc1cc2nc(C(F)(F)F)c(=O)n(C(C)C(=O)N3CCCCCC3)c2cc1C. The van der Waals surface area contributed by atoms with Gasteiger partial charge in [-0.15, -0.1) is 0 Å². The molecule has 1 unspecified atom stereocenters. The molecular weight excluding hydrogens is 371 g/mol. The highest BCUT2D eigenvalue weighted by Crippen LogP contribution is 2.29. The van der Waals surface area contributed by atoms with Crippen molar-refractivity contribution in [1.82, 2.24) is 14.5 Å². The van der Waals surface area contributed by atoms with Crippen LogP contribution in [0.25, 0.3) is 11.0 Å². The Kier molecular flexibility index (Phi) is 5.50. The van der Waals surface area contributed by atoms with Gasteiger partial charge in [0.15, 0.2) is 0 Å². The molecule has 1 atom stereocenters. The van der Waals surface area contributed by atoms with E-state index in [2.05, 4.69) is 4.98 Å². The summed E-state index contributed by atoms with van der Waals surface area (Å²) in [5, 5.41) is 0. The van der Waals surface area contributed by atoms with E-state index in [4.69, 9.17) is 0 Å². The Morgan fingerprint density at radius 3 is 2.21 bits per heavy atom. The van der Waals surface area contributed by atoms with E-state index in [-0.39, 0.29) is 16.9 Å². The number of aromatic nitrogens is 2. The Balaban J connectivity index is 2.19. The van der Waals surface area contributed by atoms with E-state index in [9.17, 15) is 22.8 Å². The van der Waals surface area contributed by atoms with Gasteiger partial charge < -0.3 is 4.90 Å². The van der Waals surface area contributed by atoms with Gasteiger partial charge in [0.05, 0.1) is 11.0 Å². The van der Waals surface area contributed by atoms with Crippen LogP contribution in [0, 0.1) is 13.8 Å². The minimum absolute atomic E-state index is 0.0607. The maximum absolute atomic E-state index is 13.4. The number of alkyl halides is 3. The molecule has 0 saturated carbocycles. The van der Waals surface area contributed by atoms with E-state index in [0.29, 0.717) is 13.1 Å². The highest BCUT2D eigenvalue weighted by atomic mass is 19.4. The van der Waals surface area contributed by atoms with Gasteiger partial charge in [-0.2, -0.15) is 13.2 Å². The van der Waals surface area contributed by atoms with Crippen LogP contribution in [0.15, 0.2) is 16.9 Å². The van der Waals surface area contributed by atoms with Crippen molar-refractivity contribution in [3.63, 3.8) is 0 Å². The number of carbonyl (C=O) groups excluding carboxylic acids is 1. The maximum Gasteiger partial charge on any atom is 0.438 e. The normalized spacial score (nSPS) is 16.9. The predicted octanol–water partition coefficient (Wildman–Crippen LogP) is 4.00. The number of halogens is 3. The molecule has 1 aromatic carbocycles. The Labute approximate surface area is 161 Å². The molecule has 0 spiro atoms. The molecule has 1 aliphatic rings. The molecule has 1 fully saturated rings. The lowest BCUT2D eigenvalue weighted by Gasteiger charge is -2.26. The predicted molar refractivity (Wildman–Crippen MR) is 100 cm³/mol. The van der Waals surface area contributed by atoms with Crippen LogP contribution in [0.4, 0.5) is 13.2 Å². The van der Waals surface area contributed by atoms with E-state index in [0.717, 1.165) is 41.4 Å². The van der Waals surface area contributed by atoms with Crippen molar-refractivity contribution >= 4 is 16.9 Å². The van der Waals surface area contributed by atoms with Gasteiger partial charge in [0.25, 0.3) is 5.56 Å². The van der Waals surface area contributed by atoms with Crippen molar-refractivity contribution in [3.8, 4) is 0 Å². The topological polar surface area (TPSA) is 55.2 Å². The third-order valence-corrected chi connectivity index (χ3v) is 5.43. The largest absolute Gasteiger partial charge is 0.438 e. The first-order chi connectivity index (χ1) is 13.1. The van der Waals surface area contributed by atoms with Crippen molar-refractivity contribution in [2.24, 2.45) is 0 Å². The quantitative estimate of drug-likeness (QED) is 0.773. The monoisotopic (exact) mass is 395 g/mol. The summed E-state index contributed by atoms with van der Waals surface area (Å²) in [6.45, 7) is 6.19. The van der Waals surface area contributed by atoms with Crippen LogP contribution in [-0.4, -0.2) is 33.4 Å². The first-order valence-electron chi connectivity index (χ1n) is 9.50. The minimum Gasteiger partial charge on any atom is -0.341 e.